The Morgan fingerprint density at radius 1 is 1.30 bits per heavy atom. The zero-order valence-corrected chi connectivity index (χ0v) is 13.8. The third-order valence-electron chi connectivity index (χ3n) is 3.62. The van der Waals surface area contributed by atoms with Crippen molar-refractivity contribution in [2.75, 3.05) is 12.4 Å². The van der Waals surface area contributed by atoms with Crippen LogP contribution in [0.4, 0.5) is 5.69 Å². The van der Waals surface area contributed by atoms with Crippen molar-refractivity contribution in [3.63, 3.8) is 0 Å². The van der Waals surface area contributed by atoms with Gasteiger partial charge < -0.3 is 14.6 Å². The van der Waals surface area contributed by atoms with E-state index in [0.29, 0.717) is 12.2 Å². The minimum absolute atomic E-state index is 0.00381. The molecule has 1 amide bonds. The van der Waals surface area contributed by atoms with E-state index in [1.165, 1.54) is 24.3 Å². The van der Waals surface area contributed by atoms with Gasteiger partial charge in [0.15, 0.2) is 11.8 Å². The van der Waals surface area contributed by atoms with Crippen LogP contribution >= 0.6 is 0 Å². The van der Waals surface area contributed by atoms with Crippen LogP contribution in [0.25, 0.3) is 0 Å². The number of hydrogen-bond donors (Lipinski definition) is 3. The van der Waals surface area contributed by atoms with Gasteiger partial charge >= 0.3 is 0 Å². The molecule has 1 heterocycles. The number of likely N-dealkylation sites (N-methyl/N-ethyl adjacent to an activating group) is 1. The molecule has 1 aromatic carbocycles. The first-order valence-electron chi connectivity index (χ1n) is 7.06. The van der Waals surface area contributed by atoms with Gasteiger partial charge in [0.2, 0.25) is 10.0 Å². The van der Waals surface area contributed by atoms with Gasteiger partial charge in [-0.25, -0.2) is 13.6 Å². The van der Waals surface area contributed by atoms with E-state index in [1.54, 1.807) is 12.3 Å². The maximum absolute atomic E-state index is 12.3. The van der Waals surface area contributed by atoms with Crippen molar-refractivity contribution in [1.29, 1.82) is 0 Å². The number of furan rings is 1. The molecule has 124 valence electrons. The fourth-order valence-corrected chi connectivity index (χ4v) is 2.56. The Kier molecular flexibility index (Phi) is 5.19. The Morgan fingerprint density at radius 3 is 2.48 bits per heavy atom. The van der Waals surface area contributed by atoms with Crippen molar-refractivity contribution in [3.8, 4) is 0 Å². The second kappa shape index (κ2) is 6.95. The molecule has 2 rings (SSSR count). The number of primary sulfonamides is 1. The molecule has 7 nitrogen and oxygen atoms in total. The number of benzene rings is 1. The van der Waals surface area contributed by atoms with Crippen LogP contribution in [0.5, 0.6) is 0 Å². The van der Waals surface area contributed by atoms with Crippen molar-refractivity contribution in [1.82, 2.24) is 0 Å². The van der Waals surface area contributed by atoms with Gasteiger partial charge in [0.25, 0.3) is 5.91 Å². The average molecular weight is 338 g/mol. The van der Waals surface area contributed by atoms with Gasteiger partial charge in [0.05, 0.1) is 18.2 Å². The van der Waals surface area contributed by atoms with E-state index in [-0.39, 0.29) is 16.8 Å². The number of nitrogens with two attached hydrogens (primary N) is 1. The lowest BCUT2D eigenvalue weighted by atomic mass is 10.2. The summed E-state index contributed by atoms with van der Waals surface area (Å²) < 4.78 is 27.7. The van der Waals surface area contributed by atoms with E-state index in [1.807, 2.05) is 20.0 Å². The minimum atomic E-state index is -3.73. The van der Waals surface area contributed by atoms with Gasteiger partial charge in [0, 0.05) is 5.69 Å². The summed E-state index contributed by atoms with van der Waals surface area (Å²) in [5, 5.41) is 7.79. The Labute approximate surface area is 135 Å². The van der Waals surface area contributed by atoms with Gasteiger partial charge in [-0.2, -0.15) is 0 Å². The monoisotopic (exact) mass is 338 g/mol. The number of sulfonamides is 1. The van der Waals surface area contributed by atoms with E-state index in [9.17, 15) is 13.2 Å². The van der Waals surface area contributed by atoms with E-state index in [0.717, 1.165) is 10.7 Å². The molecule has 2 atom stereocenters. The summed E-state index contributed by atoms with van der Waals surface area (Å²) in [4.78, 5) is 13.2. The SMILES string of the molecule is C[C@@H](C(=O)Nc1ccc(S(N)(=O)=O)cc1)[NH+](C)Cc1ccco1. The van der Waals surface area contributed by atoms with Crippen LogP contribution in [0, 0.1) is 0 Å². The van der Waals surface area contributed by atoms with Gasteiger partial charge in [-0.15, -0.1) is 0 Å². The summed E-state index contributed by atoms with van der Waals surface area (Å²) >= 11 is 0. The molecule has 0 aliphatic carbocycles. The molecule has 4 N–H and O–H groups in total. The number of nitrogens with one attached hydrogen (secondary N) is 2. The molecule has 0 aliphatic rings. The maximum Gasteiger partial charge on any atom is 0.282 e. The first kappa shape index (κ1) is 17.2. The van der Waals surface area contributed by atoms with Gasteiger partial charge in [-0.1, -0.05) is 0 Å². The number of hydrogen-bond acceptors (Lipinski definition) is 4. The molecule has 23 heavy (non-hydrogen) atoms. The summed E-state index contributed by atoms with van der Waals surface area (Å²) in [6.07, 6.45) is 1.60. The lowest BCUT2D eigenvalue weighted by Gasteiger charge is -2.20. The summed E-state index contributed by atoms with van der Waals surface area (Å²) in [7, 11) is -1.83. The highest BCUT2D eigenvalue weighted by Crippen LogP contribution is 2.12. The smallest absolute Gasteiger partial charge is 0.282 e. The third-order valence-corrected chi connectivity index (χ3v) is 4.55. The molecule has 0 bridgehead atoms. The summed E-state index contributed by atoms with van der Waals surface area (Å²) in [6.45, 7) is 2.40. The normalized spacial score (nSPS) is 14.2. The molecule has 0 saturated carbocycles. The predicted octanol–water partition coefficient (Wildman–Crippen LogP) is -0.0311. The van der Waals surface area contributed by atoms with Gasteiger partial charge in [-0.05, 0) is 43.3 Å². The van der Waals surface area contributed by atoms with Crippen LogP contribution in [-0.4, -0.2) is 27.4 Å². The summed E-state index contributed by atoms with van der Waals surface area (Å²) in [5.41, 5.74) is 0.514. The second-order valence-electron chi connectivity index (χ2n) is 5.38. The fourth-order valence-electron chi connectivity index (χ4n) is 2.04. The van der Waals surface area contributed by atoms with Crippen molar-refractivity contribution >= 4 is 21.6 Å². The molecule has 0 fully saturated rings. The molecule has 2 aromatic rings. The zero-order valence-electron chi connectivity index (χ0n) is 12.9. The number of carbonyl (C=O) groups is 1. The minimum Gasteiger partial charge on any atom is -0.463 e. The number of anilines is 1. The van der Waals surface area contributed by atoms with E-state index in [4.69, 9.17) is 9.56 Å². The molecular formula is C15H20N3O4S+. The lowest BCUT2D eigenvalue weighted by Crippen LogP contribution is -3.12. The van der Waals surface area contributed by atoms with Crippen molar-refractivity contribution < 1.29 is 22.5 Å². The Morgan fingerprint density at radius 2 is 1.96 bits per heavy atom. The first-order chi connectivity index (χ1) is 10.8. The van der Waals surface area contributed by atoms with Crippen molar-refractivity contribution in [3.05, 3.63) is 48.4 Å². The summed E-state index contributed by atoms with van der Waals surface area (Å²) in [6, 6.07) is 9.08. The maximum atomic E-state index is 12.3. The summed E-state index contributed by atoms with van der Waals surface area (Å²) in [5.74, 6) is 0.636. The number of carbonyl (C=O) groups excluding carboxylic acids is 1. The standard InChI is InChI=1S/C15H19N3O4S/c1-11(18(2)10-13-4-3-9-22-13)15(19)17-12-5-7-14(8-6-12)23(16,20)21/h3-9,11H,10H2,1-2H3,(H,17,19)(H2,16,20,21)/p+1/t11-/m0/s1. The van der Waals surface area contributed by atoms with Crippen LogP contribution in [0.2, 0.25) is 0 Å². The van der Waals surface area contributed by atoms with Crippen molar-refractivity contribution in [2.24, 2.45) is 5.14 Å². The quantitative estimate of drug-likeness (QED) is 0.687. The highest BCUT2D eigenvalue weighted by molar-refractivity contribution is 7.89. The first-order valence-corrected chi connectivity index (χ1v) is 8.60. The second-order valence-corrected chi connectivity index (χ2v) is 6.94. The largest absolute Gasteiger partial charge is 0.463 e. The topological polar surface area (TPSA) is 107 Å². The van der Waals surface area contributed by atoms with E-state index < -0.39 is 10.0 Å². The zero-order chi connectivity index (χ0) is 17.0. The van der Waals surface area contributed by atoms with Crippen LogP contribution < -0.4 is 15.4 Å². The van der Waals surface area contributed by atoms with Gasteiger partial charge in [0.1, 0.15) is 6.54 Å². The number of amides is 1. The third kappa shape index (κ3) is 4.65. The van der Waals surface area contributed by atoms with E-state index >= 15 is 0 Å². The highest BCUT2D eigenvalue weighted by Gasteiger charge is 2.22. The molecule has 0 aliphatic heterocycles. The fraction of sp³-hybridized carbons (Fsp3) is 0.267. The van der Waals surface area contributed by atoms with E-state index in [2.05, 4.69) is 5.32 Å². The van der Waals surface area contributed by atoms with Crippen LogP contribution in [0.3, 0.4) is 0 Å². The Balaban J connectivity index is 1.97. The molecule has 0 saturated heterocycles. The van der Waals surface area contributed by atoms with Crippen LogP contribution in [-0.2, 0) is 21.4 Å². The van der Waals surface area contributed by atoms with Crippen LogP contribution in [0.15, 0.2) is 52.0 Å². The molecule has 1 aromatic heterocycles. The predicted molar refractivity (Wildman–Crippen MR) is 85.2 cm³/mol. The molecule has 0 radical (unpaired) electrons. The number of rotatable bonds is 6. The van der Waals surface area contributed by atoms with Crippen LogP contribution in [0.1, 0.15) is 12.7 Å². The Bertz CT molecular complexity index is 755. The van der Waals surface area contributed by atoms with Crippen molar-refractivity contribution in [2.45, 2.75) is 24.4 Å². The molecule has 1 unspecified atom stereocenters. The van der Waals surface area contributed by atoms with Gasteiger partial charge in [-0.3, -0.25) is 4.79 Å². The highest BCUT2D eigenvalue weighted by atomic mass is 32.2. The Hall–Kier alpha value is -2.16. The molecule has 8 heteroatoms. The molecular weight excluding hydrogens is 318 g/mol. The lowest BCUT2D eigenvalue weighted by molar-refractivity contribution is -0.908. The average Bonchev–Trinajstić information content (AvgIpc) is 2.98. The number of quaternary nitrogens is 1. The molecule has 0 spiro atoms.